The fourth-order valence-corrected chi connectivity index (χ4v) is 3.54. The summed E-state index contributed by atoms with van der Waals surface area (Å²) in [5.74, 6) is -0.258. The molecule has 1 aliphatic rings. The highest BCUT2D eigenvalue weighted by atomic mass is 16.2. The van der Waals surface area contributed by atoms with Crippen LogP contribution in [0.25, 0.3) is 0 Å². The van der Waals surface area contributed by atoms with Gasteiger partial charge in [-0.3, -0.25) is 14.4 Å². The Kier molecular flexibility index (Phi) is 7.37. The van der Waals surface area contributed by atoms with Gasteiger partial charge in [0.25, 0.3) is 5.91 Å². The van der Waals surface area contributed by atoms with Gasteiger partial charge in [-0.05, 0) is 44.2 Å². The number of Topliss-reactive ketones (excluding diaryl/α,β-unsaturated/α-hetero) is 1. The van der Waals surface area contributed by atoms with E-state index in [9.17, 15) is 14.4 Å². The second kappa shape index (κ2) is 9.51. The molecule has 2 rings (SSSR count). The summed E-state index contributed by atoms with van der Waals surface area (Å²) in [7, 11) is 0. The number of amides is 2. The molecule has 1 unspecified atom stereocenters. The Morgan fingerprint density at radius 3 is 2.35 bits per heavy atom. The molecular formula is C21H30N2O3. The van der Waals surface area contributed by atoms with Crippen molar-refractivity contribution < 1.29 is 14.4 Å². The first-order valence-corrected chi connectivity index (χ1v) is 9.55. The van der Waals surface area contributed by atoms with Crippen LogP contribution >= 0.6 is 0 Å². The molecule has 142 valence electrons. The van der Waals surface area contributed by atoms with Crippen LogP contribution in [-0.2, 0) is 9.59 Å². The minimum Gasteiger partial charge on any atom is -0.349 e. The van der Waals surface area contributed by atoms with Gasteiger partial charge >= 0.3 is 0 Å². The molecular weight excluding hydrogens is 328 g/mol. The zero-order valence-corrected chi connectivity index (χ0v) is 16.0. The molecule has 1 aromatic rings. The molecule has 5 heteroatoms. The lowest BCUT2D eigenvalue weighted by Gasteiger charge is -2.32. The fourth-order valence-electron chi connectivity index (χ4n) is 3.54. The highest BCUT2D eigenvalue weighted by molar-refractivity contribution is 5.95. The van der Waals surface area contributed by atoms with E-state index in [1.54, 1.807) is 12.1 Å². The van der Waals surface area contributed by atoms with Gasteiger partial charge in [0.15, 0.2) is 5.78 Å². The molecule has 0 aliphatic heterocycles. The Bertz CT molecular complexity index is 627. The third kappa shape index (κ3) is 5.68. The summed E-state index contributed by atoms with van der Waals surface area (Å²) in [5.41, 5.74) is 0.596. The molecule has 3 atom stereocenters. The Morgan fingerprint density at radius 1 is 1.08 bits per heavy atom. The van der Waals surface area contributed by atoms with Gasteiger partial charge in [0, 0.05) is 11.6 Å². The number of nitrogens with one attached hydrogen (secondary N) is 2. The first-order valence-electron chi connectivity index (χ1n) is 9.55. The van der Waals surface area contributed by atoms with Crippen LogP contribution in [-0.4, -0.2) is 29.7 Å². The van der Waals surface area contributed by atoms with E-state index in [4.69, 9.17) is 0 Å². The first-order chi connectivity index (χ1) is 12.4. The Hall–Kier alpha value is -2.17. The van der Waals surface area contributed by atoms with Gasteiger partial charge in [0.05, 0.1) is 12.0 Å². The molecule has 2 N–H and O–H groups in total. The molecule has 0 aromatic heterocycles. The normalized spacial score (nSPS) is 21.1. The van der Waals surface area contributed by atoms with Crippen molar-refractivity contribution >= 4 is 17.6 Å². The molecule has 2 amide bonds. The van der Waals surface area contributed by atoms with Crippen LogP contribution in [0.2, 0.25) is 0 Å². The standard InChI is InChI=1S/C21H30N2O3/c1-14(2)13-19(15(3)24)23-21(26)17-11-7-8-12-18(17)22-20(25)16-9-5-4-6-10-16/h4-6,9-10,14,17-19H,7-8,11-13H2,1-3H3,(H,22,25)(H,23,26)/t17-,18+,19?/m1/s1. The SMILES string of the molecule is CC(=O)C(CC(C)C)NC(=O)[C@@H]1CCCC[C@@H]1NC(=O)c1ccccc1. The van der Waals surface area contributed by atoms with Crippen molar-refractivity contribution in [1.29, 1.82) is 0 Å². The Labute approximate surface area is 155 Å². The van der Waals surface area contributed by atoms with Crippen LogP contribution < -0.4 is 10.6 Å². The van der Waals surface area contributed by atoms with E-state index in [1.165, 1.54) is 6.92 Å². The van der Waals surface area contributed by atoms with Crippen LogP contribution in [0, 0.1) is 11.8 Å². The first kappa shape index (κ1) is 20.1. The van der Waals surface area contributed by atoms with Crippen molar-refractivity contribution in [2.75, 3.05) is 0 Å². The number of carbonyl (C=O) groups excluding carboxylic acids is 3. The van der Waals surface area contributed by atoms with Gasteiger partial charge in [-0.25, -0.2) is 0 Å². The molecule has 1 fully saturated rings. The molecule has 0 radical (unpaired) electrons. The maximum absolute atomic E-state index is 12.8. The van der Waals surface area contributed by atoms with Crippen LogP contribution in [0.4, 0.5) is 0 Å². The van der Waals surface area contributed by atoms with E-state index in [-0.39, 0.29) is 29.6 Å². The Morgan fingerprint density at radius 2 is 1.73 bits per heavy atom. The van der Waals surface area contributed by atoms with E-state index in [0.29, 0.717) is 17.9 Å². The zero-order valence-electron chi connectivity index (χ0n) is 16.0. The van der Waals surface area contributed by atoms with Gasteiger partial charge < -0.3 is 10.6 Å². The van der Waals surface area contributed by atoms with E-state index in [1.807, 2.05) is 32.0 Å². The highest BCUT2D eigenvalue weighted by Gasteiger charge is 2.33. The van der Waals surface area contributed by atoms with Crippen molar-refractivity contribution in [3.05, 3.63) is 35.9 Å². The zero-order chi connectivity index (χ0) is 19.1. The average Bonchev–Trinajstić information content (AvgIpc) is 2.61. The lowest BCUT2D eigenvalue weighted by atomic mass is 9.83. The van der Waals surface area contributed by atoms with E-state index in [0.717, 1.165) is 25.7 Å². The highest BCUT2D eigenvalue weighted by Crippen LogP contribution is 2.25. The second-order valence-electron chi connectivity index (χ2n) is 7.64. The largest absolute Gasteiger partial charge is 0.349 e. The van der Waals surface area contributed by atoms with Gasteiger partial charge in [-0.1, -0.05) is 44.9 Å². The average molecular weight is 358 g/mol. The summed E-state index contributed by atoms with van der Waals surface area (Å²) in [6.07, 6.45) is 4.11. The number of carbonyl (C=O) groups is 3. The minimum atomic E-state index is -0.449. The van der Waals surface area contributed by atoms with Crippen LogP contribution in [0.3, 0.4) is 0 Å². The summed E-state index contributed by atoms with van der Waals surface area (Å²) in [4.78, 5) is 37.1. The quantitative estimate of drug-likeness (QED) is 0.786. The monoisotopic (exact) mass is 358 g/mol. The summed E-state index contributed by atoms with van der Waals surface area (Å²) >= 11 is 0. The van der Waals surface area contributed by atoms with Gasteiger partial charge in [0.2, 0.25) is 5.91 Å². The lowest BCUT2D eigenvalue weighted by molar-refractivity contribution is -0.131. The lowest BCUT2D eigenvalue weighted by Crippen LogP contribution is -2.51. The number of rotatable bonds is 7. The summed E-state index contributed by atoms with van der Waals surface area (Å²) in [6, 6.07) is 8.40. The molecule has 5 nitrogen and oxygen atoms in total. The molecule has 0 spiro atoms. The smallest absolute Gasteiger partial charge is 0.251 e. The molecule has 0 saturated heterocycles. The van der Waals surface area contributed by atoms with Crippen molar-refractivity contribution in [2.45, 2.75) is 65.0 Å². The summed E-state index contributed by atoms with van der Waals surface area (Å²) in [6.45, 7) is 5.58. The number of benzene rings is 1. The van der Waals surface area contributed by atoms with Gasteiger partial charge in [-0.15, -0.1) is 0 Å². The van der Waals surface area contributed by atoms with E-state index >= 15 is 0 Å². The third-order valence-electron chi connectivity index (χ3n) is 4.97. The van der Waals surface area contributed by atoms with Crippen LogP contribution in [0.15, 0.2) is 30.3 Å². The summed E-state index contributed by atoms with van der Waals surface area (Å²) < 4.78 is 0. The molecule has 26 heavy (non-hydrogen) atoms. The van der Waals surface area contributed by atoms with Crippen molar-refractivity contribution in [1.82, 2.24) is 10.6 Å². The van der Waals surface area contributed by atoms with E-state index in [2.05, 4.69) is 10.6 Å². The van der Waals surface area contributed by atoms with Gasteiger partial charge in [-0.2, -0.15) is 0 Å². The predicted octanol–water partition coefficient (Wildman–Crippen LogP) is 3.10. The summed E-state index contributed by atoms with van der Waals surface area (Å²) in [5, 5.41) is 5.95. The molecule has 0 bridgehead atoms. The molecule has 1 aliphatic carbocycles. The molecule has 1 aromatic carbocycles. The number of ketones is 1. The topological polar surface area (TPSA) is 75.3 Å². The fraction of sp³-hybridized carbons (Fsp3) is 0.571. The molecule has 0 heterocycles. The Balaban J connectivity index is 2.03. The van der Waals surface area contributed by atoms with Crippen LogP contribution in [0.1, 0.15) is 63.2 Å². The third-order valence-corrected chi connectivity index (χ3v) is 4.97. The van der Waals surface area contributed by atoms with Crippen molar-refractivity contribution in [2.24, 2.45) is 11.8 Å². The maximum Gasteiger partial charge on any atom is 0.251 e. The second-order valence-corrected chi connectivity index (χ2v) is 7.64. The number of hydrogen-bond acceptors (Lipinski definition) is 3. The predicted molar refractivity (Wildman–Crippen MR) is 102 cm³/mol. The molecule has 1 saturated carbocycles. The van der Waals surface area contributed by atoms with Crippen LogP contribution in [0.5, 0.6) is 0 Å². The van der Waals surface area contributed by atoms with Crippen molar-refractivity contribution in [3.63, 3.8) is 0 Å². The van der Waals surface area contributed by atoms with E-state index < -0.39 is 6.04 Å². The minimum absolute atomic E-state index is 0.0206. The van der Waals surface area contributed by atoms with Crippen molar-refractivity contribution in [3.8, 4) is 0 Å². The number of hydrogen-bond donors (Lipinski definition) is 2. The van der Waals surface area contributed by atoms with Gasteiger partial charge in [0.1, 0.15) is 0 Å². The maximum atomic E-state index is 12.8.